The van der Waals surface area contributed by atoms with Crippen molar-refractivity contribution in [2.75, 3.05) is 6.54 Å². The molecular formula is C14H18N4O. The second-order valence-electron chi connectivity index (χ2n) is 4.50. The van der Waals surface area contributed by atoms with Gasteiger partial charge < -0.3 is 11.1 Å². The van der Waals surface area contributed by atoms with Crippen LogP contribution in [-0.2, 0) is 11.2 Å². The van der Waals surface area contributed by atoms with E-state index in [1.165, 1.54) is 0 Å². The highest BCUT2D eigenvalue weighted by atomic mass is 16.1. The van der Waals surface area contributed by atoms with E-state index in [4.69, 9.17) is 5.73 Å². The SMILES string of the molecule is C[C@@H](CN)NC(=O)Cc1ccc(-n2cccn2)cc1. The van der Waals surface area contributed by atoms with Crippen LogP contribution >= 0.6 is 0 Å². The Labute approximate surface area is 112 Å². The number of carbonyl (C=O) groups excluding carboxylic acids is 1. The van der Waals surface area contributed by atoms with Crippen LogP contribution in [-0.4, -0.2) is 28.3 Å². The molecule has 2 rings (SSSR count). The van der Waals surface area contributed by atoms with Crippen molar-refractivity contribution in [3.05, 3.63) is 48.3 Å². The zero-order valence-corrected chi connectivity index (χ0v) is 10.9. The van der Waals surface area contributed by atoms with Crippen LogP contribution in [0.25, 0.3) is 5.69 Å². The van der Waals surface area contributed by atoms with Gasteiger partial charge in [0.15, 0.2) is 0 Å². The van der Waals surface area contributed by atoms with Crippen molar-refractivity contribution in [3.8, 4) is 5.69 Å². The van der Waals surface area contributed by atoms with E-state index in [1.54, 1.807) is 10.9 Å². The number of benzene rings is 1. The minimum absolute atomic E-state index is 0.00945. The summed E-state index contributed by atoms with van der Waals surface area (Å²) in [5.74, 6) is -0.00945. The maximum absolute atomic E-state index is 11.7. The van der Waals surface area contributed by atoms with E-state index >= 15 is 0 Å². The van der Waals surface area contributed by atoms with Crippen LogP contribution in [0.5, 0.6) is 0 Å². The lowest BCUT2D eigenvalue weighted by Gasteiger charge is -2.11. The van der Waals surface area contributed by atoms with Crippen LogP contribution in [0.4, 0.5) is 0 Å². The highest BCUT2D eigenvalue weighted by Gasteiger charge is 2.06. The van der Waals surface area contributed by atoms with Crippen molar-refractivity contribution in [1.29, 1.82) is 0 Å². The average molecular weight is 258 g/mol. The van der Waals surface area contributed by atoms with Crippen LogP contribution in [0.2, 0.25) is 0 Å². The van der Waals surface area contributed by atoms with Gasteiger partial charge in [-0.15, -0.1) is 0 Å². The van der Waals surface area contributed by atoms with Crippen LogP contribution in [0.1, 0.15) is 12.5 Å². The molecule has 0 fully saturated rings. The lowest BCUT2D eigenvalue weighted by atomic mass is 10.1. The number of hydrogen-bond donors (Lipinski definition) is 2. The summed E-state index contributed by atoms with van der Waals surface area (Å²) >= 11 is 0. The van der Waals surface area contributed by atoms with Crippen molar-refractivity contribution in [1.82, 2.24) is 15.1 Å². The molecule has 0 bridgehead atoms. The van der Waals surface area contributed by atoms with Gasteiger partial charge in [0, 0.05) is 25.0 Å². The molecule has 2 aromatic rings. The summed E-state index contributed by atoms with van der Waals surface area (Å²) in [6, 6.07) is 9.64. The van der Waals surface area contributed by atoms with Crippen LogP contribution in [0, 0.1) is 0 Å². The van der Waals surface area contributed by atoms with Gasteiger partial charge in [0.25, 0.3) is 0 Å². The predicted octanol–water partition coefficient (Wildman–Crippen LogP) is 0.878. The number of nitrogens with two attached hydrogens (primary N) is 1. The summed E-state index contributed by atoms with van der Waals surface area (Å²) in [6.07, 6.45) is 3.98. The topological polar surface area (TPSA) is 72.9 Å². The maximum Gasteiger partial charge on any atom is 0.224 e. The molecule has 0 aliphatic heterocycles. The van der Waals surface area contributed by atoms with E-state index in [0.717, 1.165) is 11.3 Å². The van der Waals surface area contributed by atoms with Crippen molar-refractivity contribution in [2.24, 2.45) is 5.73 Å². The Morgan fingerprint density at radius 3 is 2.74 bits per heavy atom. The Hall–Kier alpha value is -2.14. The van der Waals surface area contributed by atoms with Gasteiger partial charge in [0.2, 0.25) is 5.91 Å². The van der Waals surface area contributed by atoms with Crippen LogP contribution in [0.15, 0.2) is 42.7 Å². The molecule has 0 saturated heterocycles. The first-order valence-electron chi connectivity index (χ1n) is 6.27. The molecule has 0 spiro atoms. The van der Waals surface area contributed by atoms with E-state index in [-0.39, 0.29) is 11.9 Å². The van der Waals surface area contributed by atoms with Gasteiger partial charge in [-0.05, 0) is 30.7 Å². The lowest BCUT2D eigenvalue weighted by molar-refractivity contribution is -0.120. The third kappa shape index (κ3) is 3.66. The maximum atomic E-state index is 11.7. The molecule has 5 heteroatoms. The van der Waals surface area contributed by atoms with E-state index in [0.29, 0.717) is 13.0 Å². The largest absolute Gasteiger partial charge is 0.352 e. The Bertz CT molecular complexity index is 519. The summed E-state index contributed by atoms with van der Waals surface area (Å²) in [7, 11) is 0. The molecule has 1 amide bonds. The van der Waals surface area contributed by atoms with Gasteiger partial charge in [0.05, 0.1) is 12.1 Å². The predicted molar refractivity (Wildman–Crippen MR) is 73.9 cm³/mol. The standard InChI is InChI=1S/C14H18N4O/c1-11(10-15)17-14(19)9-12-3-5-13(6-4-12)18-8-2-7-16-18/h2-8,11H,9-10,15H2,1H3,(H,17,19)/t11-/m0/s1. The average Bonchev–Trinajstić information content (AvgIpc) is 2.93. The molecule has 5 nitrogen and oxygen atoms in total. The summed E-state index contributed by atoms with van der Waals surface area (Å²) < 4.78 is 1.78. The monoisotopic (exact) mass is 258 g/mol. The fraction of sp³-hybridized carbons (Fsp3) is 0.286. The van der Waals surface area contributed by atoms with Gasteiger partial charge in [-0.3, -0.25) is 4.79 Å². The summed E-state index contributed by atoms with van der Waals surface area (Å²) in [6.45, 7) is 2.34. The fourth-order valence-corrected chi connectivity index (χ4v) is 1.76. The molecule has 1 heterocycles. The number of hydrogen-bond acceptors (Lipinski definition) is 3. The minimum Gasteiger partial charge on any atom is -0.352 e. The van der Waals surface area contributed by atoms with Crippen molar-refractivity contribution in [2.45, 2.75) is 19.4 Å². The van der Waals surface area contributed by atoms with Gasteiger partial charge in [-0.25, -0.2) is 4.68 Å². The van der Waals surface area contributed by atoms with Gasteiger partial charge in [-0.2, -0.15) is 5.10 Å². The normalized spacial score (nSPS) is 12.1. The second-order valence-corrected chi connectivity index (χ2v) is 4.50. The summed E-state index contributed by atoms with van der Waals surface area (Å²) in [5, 5.41) is 6.99. The first-order chi connectivity index (χ1) is 9.19. The highest BCUT2D eigenvalue weighted by Crippen LogP contribution is 2.09. The Balaban J connectivity index is 1.97. The van der Waals surface area contributed by atoms with Gasteiger partial charge >= 0.3 is 0 Å². The second kappa shape index (κ2) is 6.15. The molecule has 1 aromatic carbocycles. The molecule has 0 radical (unpaired) electrons. The van der Waals surface area contributed by atoms with Crippen LogP contribution < -0.4 is 11.1 Å². The fourth-order valence-electron chi connectivity index (χ4n) is 1.76. The molecule has 1 atom stereocenters. The number of nitrogens with zero attached hydrogens (tertiary/aromatic N) is 2. The smallest absolute Gasteiger partial charge is 0.224 e. The van der Waals surface area contributed by atoms with Crippen LogP contribution in [0.3, 0.4) is 0 Å². The molecule has 3 N–H and O–H groups in total. The number of carbonyl (C=O) groups is 1. The van der Waals surface area contributed by atoms with Crippen molar-refractivity contribution in [3.63, 3.8) is 0 Å². The third-order valence-corrected chi connectivity index (χ3v) is 2.83. The zero-order valence-electron chi connectivity index (χ0n) is 10.9. The third-order valence-electron chi connectivity index (χ3n) is 2.83. The molecular weight excluding hydrogens is 240 g/mol. The lowest BCUT2D eigenvalue weighted by Crippen LogP contribution is -2.38. The van der Waals surface area contributed by atoms with Gasteiger partial charge in [-0.1, -0.05) is 12.1 Å². The number of nitrogens with one attached hydrogen (secondary N) is 1. The molecule has 19 heavy (non-hydrogen) atoms. The molecule has 0 aliphatic rings. The first kappa shape index (κ1) is 13.3. The molecule has 100 valence electrons. The Kier molecular flexibility index (Phi) is 4.30. The molecule has 0 aliphatic carbocycles. The van der Waals surface area contributed by atoms with E-state index in [9.17, 15) is 4.79 Å². The molecule has 0 saturated carbocycles. The summed E-state index contributed by atoms with van der Waals surface area (Å²) in [5.41, 5.74) is 7.41. The zero-order chi connectivity index (χ0) is 13.7. The highest BCUT2D eigenvalue weighted by molar-refractivity contribution is 5.78. The van der Waals surface area contributed by atoms with E-state index in [1.807, 2.05) is 43.5 Å². The summed E-state index contributed by atoms with van der Waals surface area (Å²) in [4.78, 5) is 11.7. The van der Waals surface area contributed by atoms with Gasteiger partial charge in [0.1, 0.15) is 0 Å². The van der Waals surface area contributed by atoms with E-state index < -0.39 is 0 Å². The van der Waals surface area contributed by atoms with Crippen molar-refractivity contribution >= 4 is 5.91 Å². The number of amides is 1. The molecule has 0 unspecified atom stereocenters. The Morgan fingerprint density at radius 2 is 2.16 bits per heavy atom. The number of aromatic nitrogens is 2. The first-order valence-corrected chi connectivity index (χ1v) is 6.27. The Morgan fingerprint density at radius 1 is 1.42 bits per heavy atom. The number of rotatable bonds is 5. The van der Waals surface area contributed by atoms with Crippen molar-refractivity contribution < 1.29 is 4.79 Å². The molecule has 1 aromatic heterocycles. The van der Waals surface area contributed by atoms with E-state index in [2.05, 4.69) is 10.4 Å². The minimum atomic E-state index is -0.00945. The quantitative estimate of drug-likeness (QED) is 0.836.